The Morgan fingerprint density at radius 2 is 1.73 bits per heavy atom. The first-order valence-electron chi connectivity index (χ1n) is 7.12. The van der Waals surface area contributed by atoms with Gasteiger partial charge >= 0.3 is 5.76 Å². The minimum absolute atomic E-state index is 0.0274. The molecular weight excluding hydrogens is 286 g/mol. The normalized spacial score (nSPS) is 15.4. The van der Waals surface area contributed by atoms with E-state index in [9.17, 15) is 14.4 Å². The van der Waals surface area contributed by atoms with Gasteiger partial charge in [0.15, 0.2) is 5.58 Å². The van der Waals surface area contributed by atoms with Gasteiger partial charge < -0.3 is 14.2 Å². The van der Waals surface area contributed by atoms with E-state index >= 15 is 0 Å². The van der Waals surface area contributed by atoms with Crippen molar-refractivity contribution < 1.29 is 14.0 Å². The van der Waals surface area contributed by atoms with Crippen LogP contribution in [0.4, 0.5) is 0 Å². The zero-order valence-electron chi connectivity index (χ0n) is 12.5. The van der Waals surface area contributed by atoms with E-state index in [4.69, 9.17) is 4.42 Å². The number of fused-ring (bicyclic) bond motifs is 1. The Hall–Kier alpha value is -2.57. The van der Waals surface area contributed by atoms with E-state index in [1.165, 1.54) is 11.5 Å². The number of aryl methyl sites for hydroxylation is 1. The lowest BCUT2D eigenvalue weighted by molar-refractivity contribution is -0.130. The lowest BCUT2D eigenvalue weighted by Crippen LogP contribution is -2.50. The SMILES string of the molecule is CC(=O)N1CCN(C(=O)c2ccc3c(c2)oc(=O)n3C)CC1. The molecular formula is C15H17N3O4. The number of hydrogen-bond donors (Lipinski definition) is 0. The van der Waals surface area contributed by atoms with Crippen LogP contribution in [0.5, 0.6) is 0 Å². The van der Waals surface area contributed by atoms with Crippen LogP contribution in [0.2, 0.25) is 0 Å². The number of piperazine rings is 1. The third-order valence-electron chi connectivity index (χ3n) is 4.05. The van der Waals surface area contributed by atoms with E-state index in [0.717, 1.165) is 0 Å². The van der Waals surface area contributed by atoms with Crippen molar-refractivity contribution in [1.82, 2.24) is 14.4 Å². The largest absolute Gasteiger partial charge is 0.419 e. The number of hydrogen-bond acceptors (Lipinski definition) is 4. The van der Waals surface area contributed by atoms with Crippen molar-refractivity contribution in [3.63, 3.8) is 0 Å². The lowest BCUT2D eigenvalue weighted by atomic mass is 10.1. The summed E-state index contributed by atoms with van der Waals surface area (Å²) in [6.45, 7) is 3.64. The van der Waals surface area contributed by atoms with Crippen molar-refractivity contribution in [2.45, 2.75) is 6.92 Å². The summed E-state index contributed by atoms with van der Waals surface area (Å²) in [5.41, 5.74) is 1.54. The first-order valence-corrected chi connectivity index (χ1v) is 7.12. The summed E-state index contributed by atoms with van der Waals surface area (Å²) in [6.07, 6.45) is 0. The van der Waals surface area contributed by atoms with Gasteiger partial charge in [-0.3, -0.25) is 14.2 Å². The molecule has 0 N–H and O–H groups in total. The average molecular weight is 303 g/mol. The molecule has 1 saturated heterocycles. The second-order valence-electron chi connectivity index (χ2n) is 5.41. The second kappa shape index (κ2) is 5.32. The zero-order valence-corrected chi connectivity index (χ0v) is 12.5. The number of amides is 2. The summed E-state index contributed by atoms with van der Waals surface area (Å²) in [5.74, 6) is -0.536. The molecule has 0 unspecified atom stereocenters. The molecule has 116 valence electrons. The van der Waals surface area contributed by atoms with Crippen molar-refractivity contribution >= 4 is 22.9 Å². The lowest BCUT2D eigenvalue weighted by Gasteiger charge is -2.34. The first-order chi connectivity index (χ1) is 10.5. The predicted octanol–water partition coefficient (Wildman–Crippen LogP) is 0.436. The summed E-state index contributed by atoms with van der Waals surface area (Å²) in [7, 11) is 1.62. The molecule has 1 aromatic heterocycles. The van der Waals surface area contributed by atoms with Gasteiger partial charge in [0.25, 0.3) is 5.91 Å². The molecule has 1 aliphatic heterocycles. The van der Waals surface area contributed by atoms with Crippen molar-refractivity contribution in [1.29, 1.82) is 0 Å². The topological polar surface area (TPSA) is 75.8 Å². The van der Waals surface area contributed by atoms with Gasteiger partial charge in [0.05, 0.1) is 5.52 Å². The Bertz CT molecular complexity index is 797. The van der Waals surface area contributed by atoms with Crippen LogP contribution in [-0.2, 0) is 11.8 Å². The molecule has 3 rings (SSSR count). The van der Waals surface area contributed by atoms with Crippen LogP contribution in [0.3, 0.4) is 0 Å². The molecule has 2 amide bonds. The highest BCUT2D eigenvalue weighted by molar-refractivity contribution is 5.97. The number of oxazole rings is 1. The Kier molecular flexibility index (Phi) is 3.48. The van der Waals surface area contributed by atoms with Gasteiger partial charge in [0.2, 0.25) is 5.91 Å². The highest BCUT2D eigenvalue weighted by Crippen LogP contribution is 2.16. The molecule has 1 aliphatic rings. The van der Waals surface area contributed by atoms with Crippen molar-refractivity contribution in [3.05, 3.63) is 34.3 Å². The van der Waals surface area contributed by atoms with Gasteiger partial charge in [-0.15, -0.1) is 0 Å². The van der Waals surface area contributed by atoms with Crippen LogP contribution >= 0.6 is 0 Å². The number of aromatic nitrogens is 1. The van der Waals surface area contributed by atoms with E-state index in [-0.39, 0.29) is 11.8 Å². The Labute approximate surface area is 126 Å². The molecule has 22 heavy (non-hydrogen) atoms. The third-order valence-corrected chi connectivity index (χ3v) is 4.05. The summed E-state index contributed by atoms with van der Waals surface area (Å²) in [5, 5.41) is 0. The fourth-order valence-electron chi connectivity index (χ4n) is 2.67. The Balaban J connectivity index is 1.81. The summed E-state index contributed by atoms with van der Waals surface area (Å²) in [4.78, 5) is 38.7. The summed E-state index contributed by atoms with van der Waals surface area (Å²) in [6, 6.07) is 4.99. The summed E-state index contributed by atoms with van der Waals surface area (Å²) < 4.78 is 6.51. The molecule has 0 spiro atoms. The number of nitrogens with zero attached hydrogens (tertiary/aromatic N) is 3. The van der Waals surface area contributed by atoms with Crippen molar-refractivity contribution in [3.8, 4) is 0 Å². The highest BCUT2D eigenvalue weighted by atomic mass is 16.4. The maximum absolute atomic E-state index is 12.5. The van der Waals surface area contributed by atoms with Crippen LogP contribution in [0.15, 0.2) is 27.4 Å². The molecule has 7 heteroatoms. The molecule has 1 aromatic carbocycles. The van der Waals surface area contributed by atoms with Gasteiger partial charge in [-0.2, -0.15) is 0 Å². The Morgan fingerprint density at radius 1 is 1.09 bits per heavy atom. The first kappa shape index (κ1) is 14.4. The number of carbonyl (C=O) groups excluding carboxylic acids is 2. The number of carbonyl (C=O) groups is 2. The van der Waals surface area contributed by atoms with Gasteiger partial charge in [-0.05, 0) is 18.2 Å². The average Bonchev–Trinajstić information content (AvgIpc) is 2.81. The predicted molar refractivity (Wildman–Crippen MR) is 79.6 cm³/mol. The smallest absolute Gasteiger partial charge is 0.408 e. The second-order valence-corrected chi connectivity index (χ2v) is 5.41. The van der Waals surface area contributed by atoms with Crippen LogP contribution < -0.4 is 5.76 Å². The molecule has 0 radical (unpaired) electrons. The zero-order chi connectivity index (χ0) is 15.9. The van der Waals surface area contributed by atoms with Crippen LogP contribution in [0, 0.1) is 0 Å². The maximum Gasteiger partial charge on any atom is 0.419 e. The minimum Gasteiger partial charge on any atom is -0.408 e. The molecule has 0 atom stereocenters. The van der Waals surface area contributed by atoms with Gasteiger partial charge in [-0.25, -0.2) is 4.79 Å². The van der Waals surface area contributed by atoms with Gasteiger partial charge in [-0.1, -0.05) is 0 Å². The number of benzene rings is 1. The van der Waals surface area contributed by atoms with E-state index in [1.807, 2.05) is 0 Å². The monoisotopic (exact) mass is 303 g/mol. The molecule has 7 nitrogen and oxygen atoms in total. The molecule has 2 heterocycles. The maximum atomic E-state index is 12.5. The van der Waals surface area contributed by atoms with Gasteiger partial charge in [0, 0.05) is 45.7 Å². The molecule has 0 saturated carbocycles. The van der Waals surface area contributed by atoms with Crippen molar-refractivity contribution in [2.24, 2.45) is 7.05 Å². The van der Waals surface area contributed by atoms with Crippen LogP contribution in [-0.4, -0.2) is 52.4 Å². The fraction of sp³-hybridized carbons (Fsp3) is 0.400. The van der Waals surface area contributed by atoms with Crippen LogP contribution in [0.25, 0.3) is 11.1 Å². The molecule has 1 fully saturated rings. The highest BCUT2D eigenvalue weighted by Gasteiger charge is 2.23. The van der Waals surface area contributed by atoms with E-state index in [0.29, 0.717) is 42.8 Å². The number of rotatable bonds is 1. The van der Waals surface area contributed by atoms with E-state index < -0.39 is 5.76 Å². The Morgan fingerprint density at radius 3 is 2.36 bits per heavy atom. The molecule has 2 aromatic rings. The standard InChI is InChI=1S/C15H17N3O4/c1-10(19)17-5-7-18(8-6-17)14(20)11-3-4-12-13(9-11)22-15(21)16(12)2/h3-4,9H,5-8H2,1-2H3. The third kappa shape index (κ3) is 2.38. The molecule has 0 bridgehead atoms. The van der Waals surface area contributed by atoms with Crippen LogP contribution in [0.1, 0.15) is 17.3 Å². The van der Waals surface area contributed by atoms with E-state index in [2.05, 4.69) is 0 Å². The minimum atomic E-state index is -0.449. The van der Waals surface area contributed by atoms with Crippen molar-refractivity contribution in [2.75, 3.05) is 26.2 Å². The quantitative estimate of drug-likeness (QED) is 0.766. The summed E-state index contributed by atoms with van der Waals surface area (Å²) >= 11 is 0. The van der Waals surface area contributed by atoms with Gasteiger partial charge in [0.1, 0.15) is 0 Å². The fourth-order valence-corrected chi connectivity index (χ4v) is 2.67. The molecule has 0 aliphatic carbocycles. The van der Waals surface area contributed by atoms with E-state index in [1.54, 1.807) is 35.0 Å².